The summed E-state index contributed by atoms with van der Waals surface area (Å²) in [6.45, 7) is 0. The molecule has 0 aliphatic heterocycles. The van der Waals surface area contributed by atoms with Gasteiger partial charge in [0, 0.05) is 47.6 Å². The Labute approximate surface area is 306 Å². The Morgan fingerprint density at radius 2 is 1.02 bits per heavy atom. The third kappa shape index (κ3) is 4.71. The Morgan fingerprint density at radius 1 is 0.440 bits per heavy atom. The summed E-state index contributed by atoms with van der Waals surface area (Å²) in [6.07, 6.45) is 0. The van der Waals surface area contributed by atoms with Crippen LogP contribution >= 0.6 is 11.3 Å². The normalized spacial score (nSPS) is 14.4. The van der Waals surface area contributed by atoms with Gasteiger partial charge in [0.25, 0.3) is 0 Å². The molecule has 0 atom stereocenters. The Balaban J connectivity index is 1.30. The van der Waals surface area contributed by atoms with E-state index >= 15 is 0 Å². The van der Waals surface area contributed by atoms with Crippen molar-refractivity contribution in [3.8, 4) is 51.0 Å². The topological polar surface area (TPSA) is 43.6 Å². The molecule has 0 aliphatic carbocycles. The number of hydrogen-bond donors (Lipinski definition) is 0. The zero-order valence-electron chi connectivity index (χ0n) is 36.1. The van der Waals surface area contributed by atoms with Gasteiger partial charge >= 0.3 is 0 Å². The molecule has 0 saturated carbocycles. The molecular formula is C45H28N4S. The van der Waals surface area contributed by atoms with Crippen LogP contribution in [0, 0.1) is 0 Å². The van der Waals surface area contributed by atoms with Gasteiger partial charge in [0.1, 0.15) is 0 Å². The van der Waals surface area contributed by atoms with E-state index in [4.69, 9.17) is 24.5 Å². The smallest absolute Gasteiger partial charge is 0.166 e. The van der Waals surface area contributed by atoms with Crippen LogP contribution < -0.4 is 0 Å². The molecule has 5 heteroatoms. The predicted octanol–water partition coefficient (Wildman–Crippen LogP) is 12.0. The van der Waals surface area contributed by atoms with Crippen molar-refractivity contribution in [2.75, 3.05) is 0 Å². The fourth-order valence-corrected chi connectivity index (χ4v) is 7.34. The summed E-state index contributed by atoms with van der Waals surface area (Å²) >= 11 is 0.976. The van der Waals surface area contributed by atoms with Crippen LogP contribution in [0.1, 0.15) is 13.7 Å². The first-order valence-electron chi connectivity index (χ1n) is 20.9. The van der Waals surface area contributed by atoms with Crippen LogP contribution in [0.5, 0.6) is 0 Å². The number of para-hydroxylation sites is 2. The maximum Gasteiger partial charge on any atom is 0.166 e. The van der Waals surface area contributed by atoms with E-state index in [1.54, 1.807) is 28.8 Å². The fraction of sp³-hybridized carbons (Fsp3) is 0. The Kier molecular flexibility index (Phi) is 4.69. The van der Waals surface area contributed by atoms with Crippen LogP contribution in [-0.4, -0.2) is 19.5 Å². The first-order valence-corrected chi connectivity index (χ1v) is 16.7. The lowest BCUT2D eigenvalue weighted by Gasteiger charge is -2.14. The van der Waals surface area contributed by atoms with Gasteiger partial charge in [0.05, 0.1) is 30.4 Å². The molecule has 10 aromatic rings. The monoisotopic (exact) mass is 666 g/mol. The zero-order chi connectivity index (χ0) is 41.7. The summed E-state index contributed by atoms with van der Waals surface area (Å²) in [5.41, 5.74) is 4.50. The van der Waals surface area contributed by atoms with Crippen molar-refractivity contribution in [1.29, 1.82) is 0 Å². The summed E-state index contributed by atoms with van der Waals surface area (Å²) in [7, 11) is 0. The molecule has 0 unspecified atom stereocenters. The summed E-state index contributed by atoms with van der Waals surface area (Å²) in [5.74, 6) is 1.03. The molecular weight excluding hydrogens is 629 g/mol. The van der Waals surface area contributed by atoms with Crippen molar-refractivity contribution in [3.05, 3.63) is 170 Å². The standard InChI is InChI=1S/C45H28N4S/c1-3-13-29(14-4-1)30-23-25-32(26-24-30)44-46-43(31-15-5-2-6-16-31)47-45(48-44)35-19-8-11-21-39(35)49-38-20-10-7-17-33(38)36-27-37-34-18-9-12-22-41(34)50-42(37)28-40(36)49/h1-28H/i7D,9D,10D,12D,17D,18D,20D,22D,27D,28D. The average molecular weight is 667 g/mol. The number of nitrogens with zero attached hydrogens (tertiary/aromatic N) is 4. The molecule has 3 heterocycles. The molecule has 0 fully saturated rings. The van der Waals surface area contributed by atoms with Crippen molar-refractivity contribution in [2.24, 2.45) is 0 Å². The quantitative estimate of drug-likeness (QED) is 0.184. The van der Waals surface area contributed by atoms with E-state index in [9.17, 15) is 4.11 Å². The molecule has 3 aromatic heterocycles. The zero-order valence-corrected chi connectivity index (χ0v) is 26.9. The lowest BCUT2D eigenvalue weighted by molar-refractivity contribution is 1.06. The van der Waals surface area contributed by atoms with Gasteiger partial charge in [-0.3, -0.25) is 0 Å². The molecule has 10 rings (SSSR count). The van der Waals surface area contributed by atoms with Crippen LogP contribution in [0.25, 0.3) is 93.0 Å². The molecule has 50 heavy (non-hydrogen) atoms. The summed E-state index contributed by atoms with van der Waals surface area (Å²) in [5, 5.41) is 0.265. The van der Waals surface area contributed by atoms with Crippen LogP contribution in [0.3, 0.4) is 0 Å². The third-order valence-corrected chi connectivity index (χ3v) is 9.74. The number of aromatic nitrogens is 4. The van der Waals surface area contributed by atoms with E-state index in [1.165, 1.54) is 0 Å². The number of hydrogen-bond acceptors (Lipinski definition) is 4. The number of rotatable bonds is 5. The lowest BCUT2D eigenvalue weighted by Crippen LogP contribution is -2.03. The van der Waals surface area contributed by atoms with Gasteiger partial charge in [0.2, 0.25) is 0 Å². The molecule has 0 aliphatic rings. The second-order valence-electron chi connectivity index (χ2n) is 11.7. The second kappa shape index (κ2) is 11.6. The van der Waals surface area contributed by atoms with Crippen molar-refractivity contribution < 1.29 is 13.7 Å². The van der Waals surface area contributed by atoms with Gasteiger partial charge in [0.15, 0.2) is 17.5 Å². The van der Waals surface area contributed by atoms with Crippen LogP contribution in [0.15, 0.2) is 170 Å². The fourth-order valence-electron chi connectivity index (χ4n) is 6.38. The van der Waals surface area contributed by atoms with Gasteiger partial charge in [-0.2, -0.15) is 0 Å². The third-order valence-electron chi connectivity index (χ3n) is 8.72. The van der Waals surface area contributed by atoms with E-state index in [0.717, 1.165) is 33.6 Å². The summed E-state index contributed by atoms with van der Waals surface area (Å²) in [4.78, 5) is 14.9. The van der Waals surface area contributed by atoms with Gasteiger partial charge in [-0.05, 0) is 47.4 Å². The minimum atomic E-state index is -0.518. The highest BCUT2D eigenvalue weighted by Crippen LogP contribution is 2.42. The van der Waals surface area contributed by atoms with E-state index < -0.39 is 30.2 Å². The van der Waals surface area contributed by atoms with E-state index in [2.05, 4.69) is 0 Å². The molecule has 0 amide bonds. The largest absolute Gasteiger partial charge is 0.308 e. The second-order valence-corrected chi connectivity index (χ2v) is 12.7. The number of benzene rings is 7. The van der Waals surface area contributed by atoms with Crippen molar-refractivity contribution >= 4 is 53.3 Å². The highest BCUT2D eigenvalue weighted by atomic mass is 32.1. The highest BCUT2D eigenvalue weighted by Gasteiger charge is 2.20. The minimum Gasteiger partial charge on any atom is -0.308 e. The molecule has 4 nitrogen and oxygen atoms in total. The SMILES string of the molecule is [2H]c1c([2H])c([2H])c2c(sc3c([2H])c4c(c([2H])c32)c2c([2H])c([2H])c([2H])c([2H])c2n4-c2ccccc2-c2nc(-c3ccccc3)nc(-c3ccc(-c4ccccc4)cc3)n2)c1[2H]. The van der Waals surface area contributed by atoms with Crippen LogP contribution in [-0.2, 0) is 0 Å². The van der Waals surface area contributed by atoms with Gasteiger partial charge in [-0.25, -0.2) is 15.0 Å². The van der Waals surface area contributed by atoms with Gasteiger partial charge < -0.3 is 4.57 Å². The molecule has 0 spiro atoms. The highest BCUT2D eigenvalue weighted by molar-refractivity contribution is 7.25. The van der Waals surface area contributed by atoms with E-state index in [-0.39, 0.29) is 78.0 Å². The van der Waals surface area contributed by atoms with E-state index in [0.29, 0.717) is 22.9 Å². The molecule has 234 valence electrons. The maximum atomic E-state index is 9.76. The minimum absolute atomic E-state index is 0.00575. The first-order chi connectivity index (χ1) is 29.0. The number of thiophene rings is 1. The van der Waals surface area contributed by atoms with Gasteiger partial charge in [-0.15, -0.1) is 11.3 Å². The van der Waals surface area contributed by atoms with Gasteiger partial charge in [-0.1, -0.05) is 133 Å². The van der Waals surface area contributed by atoms with Crippen molar-refractivity contribution in [1.82, 2.24) is 19.5 Å². The lowest BCUT2D eigenvalue weighted by atomic mass is 10.0. The van der Waals surface area contributed by atoms with Crippen LogP contribution in [0.2, 0.25) is 0 Å². The summed E-state index contributed by atoms with van der Waals surface area (Å²) in [6, 6.07) is 30.7. The Morgan fingerprint density at radius 3 is 1.80 bits per heavy atom. The maximum absolute atomic E-state index is 9.76. The average Bonchev–Trinajstić information content (AvgIpc) is 3.88. The molecule has 0 saturated heterocycles. The van der Waals surface area contributed by atoms with Crippen molar-refractivity contribution in [2.45, 2.75) is 0 Å². The van der Waals surface area contributed by atoms with E-state index in [1.807, 2.05) is 84.9 Å². The summed E-state index contributed by atoms with van der Waals surface area (Å²) < 4.78 is 91.4. The molecule has 0 bridgehead atoms. The van der Waals surface area contributed by atoms with Crippen LogP contribution in [0.4, 0.5) is 0 Å². The Bertz CT molecular complexity index is 3430. The first kappa shape index (κ1) is 20.2. The Hall–Kier alpha value is -6.43. The molecule has 7 aromatic carbocycles. The van der Waals surface area contributed by atoms with Crippen molar-refractivity contribution in [3.63, 3.8) is 0 Å². The molecule has 0 radical (unpaired) electrons. The predicted molar refractivity (Wildman–Crippen MR) is 209 cm³/mol. The molecule has 0 N–H and O–H groups in total. The number of fused-ring (bicyclic) bond motifs is 6.